The molecule has 1 fully saturated rings. The number of benzene rings is 1. The monoisotopic (exact) mass is 236 g/mol. The van der Waals surface area contributed by atoms with Crippen LogP contribution in [0.25, 0.3) is 0 Å². The zero-order chi connectivity index (χ0) is 11.8. The van der Waals surface area contributed by atoms with Gasteiger partial charge in [0.15, 0.2) is 11.6 Å². The van der Waals surface area contributed by atoms with Crippen LogP contribution in [0.15, 0.2) is 12.1 Å². The van der Waals surface area contributed by atoms with E-state index in [1.807, 2.05) is 0 Å². The van der Waals surface area contributed by atoms with Crippen LogP contribution in [0.1, 0.15) is 12.8 Å². The molecule has 0 amide bonds. The molecule has 3 nitrogen and oxygen atoms in total. The maximum atomic E-state index is 13.6. The van der Waals surface area contributed by atoms with Crippen molar-refractivity contribution >= 4 is 11.4 Å². The average molecular weight is 236 g/mol. The van der Waals surface area contributed by atoms with E-state index in [2.05, 4.69) is 10.2 Å². The van der Waals surface area contributed by atoms with Crippen LogP contribution >= 0.6 is 0 Å². The van der Waals surface area contributed by atoms with Crippen LogP contribution in [0.2, 0.25) is 0 Å². The summed E-state index contributed by atoms with van der Waals surface area (Å²) in [7, 11) is 1.51. The molecule has 0 aromatic heterocycles. The molecule has 3 rings (SSSR count). The lowest BCUT2D eigenvalue weighted by Gasteiger charge is -2.32. The molecule has 1 N–H and O–H groups in total. The summed E-state index contributed by atoms with van der Waals surface area (Å²) in [5, 5.41) is 3.24. The van der Waals surface area contributed by atoms with Gasteiger partial charge in [-0.15, -0.1) is 0 Å². The Morgan fingerprint density at radius 1 is 1.47 bits per heavy atom. The van der Waals surface area contributed by atoms with Crippen LogP contribution in [0, 0.1) is 11.7 Å². The zero-order valence-corrected chi connectivity index (χ0v) is 10.0. The van der Waals surface area contributed by atoms with E-state index >= 15 is 0 Å². The van der Waals surface area contributed by atoms with Crippen LogP contribution in [-0.2, 0) is 0 Å². The Kier molecular flexibility index (Phi) is 2.57. The Hall–Kier alpha value is -1.45. The van der Waals surface area contributed by atoms with Gasteiger partial charge in [0.05, 0.1) is 18.5 Å². The van der Waals surface area contributed by atoms with Crippen molar-refractivity contribution in [3.05, 3.63) is 17.9 Å². The number of hydrogen-bond donors (Lipinski definition) is 1. The van der Waals surface area contributed by atoms with E-state index in [1.54, 1.807) is 6.07 Å². The molecule has 92 valence electrons. The fourth-order valence-electron chi connectivity index (χ4n) is 2.35. The van der Waals surface area contributed by atoms with Gasteiger partial charge in [0, 0.05) is 31.8 Å². The van der Waals surface area contributed by atoms with E-state index in [0.717, 1.165) is 36.9 Å². The lowest BCUT2D eigenvalue weighted by Crippen LogP contribution is -2.35. The minimum atomic E-state index is -0.299. The number of methoxy groups -OCH3 is 1. The van der Waals surface area contributed by atoms with Crippen molar-refractivity contribution in [2.75, 3.05) is 37.0 Å². The summed E-state index contributed by atoms with van der Waals surface area (Å²) in [5.74, 6) is 0.859. The third-order valence-electron chi connectivity index (χ3n) is 3.48. The Morgan fingerprint density at radius 2 is 2.29 bits per heavy atom. The first-order chi connectivity index (χ1) is 8.28. The fourth-order valence-corrected chi connectivity index (χ4v) is 2.35. The molecule has 17 heavy (non-hydrogen) atoms. The van der Waals surface area contributed by atoms with Crippen molar-refractivity contribution in [1.29, 1.82) is 0 Å². The molecule has 1 aromatic rings. The molecular formula is C13H17FN2O. The molecule has 0 spiro atoms. The van der Waals surface area contributed by atoms with Crippen LogP contribution < -0.4 is 15.0 Å². The second-order valence-electron chi connectivity index (χ2n) is 4.82. The minimum Gasteiger partial charge on any atom is -0.494 e. The fraction of sp³-hybridized carbons (Fsp3) is 0.538. The largest absolute Gasteiger partial charge is 0.494 e. The molecule has 0 saturated heterocycles. The first-order valence-corrected chi connectivity index (χ1v) is 6.14. The predicted octanol–water partition coefficient (Wildman–Crippen LogP) is 2.48. The van der Waals surface area contributed by atoms with Gasteiger partial charge in [-0.05, 0) is 18.8 Å². The average Bonchev–Trinajstić information content (AvgIpc) is 3.12. The molecule has 1 aliphatic heterocycles. The zero-order valence-electron chi connectivity index (χ0n) is 10.0. The van der Waals surface area contributed by atoms with E-state index in [-0.39, 0.29) is 5.82 Å². The number of nitrogens with one attached hydrogen (secondary N) is 1. The number of rotatable bonds is 3. The van der Waals surface area contributed by atoms with Crippen molar-refractivity contribution in [3.8, 4) is 5.75 Å². The van der Waals surface area contributed by atoms with Gasteiger partial charge in [-0.25, -0.2) is 4.39 Å². The van der Waals surface area contributed by atoms with E-state index in [0.29, 0.717) is 5.75 Å². The number of ether oxygens (including phenoxy) is 1. The molecule has 0 radical (unpaired) electrons. The van der Waals surface area contributed by atoms with Gasteiger partial charge in [0.25, 0.3) is 0 Å². The molecule has 2 aliphatic rings. The van der Waals surface area contributed by atoms with Crippen LogP contribution in [0.5, 0.6) is 5.75 Å². The summed E-state index contributed by atoms with van der Waals surface area (Å²) < 4.78 is 18.6. The third kappa shape index (κ3) is 2.04. The maximum Gasteiger partial charge on any atom is 0.167 e. The first kappa shape index (κ1) is 10.7. The van der Waals surface area contributed by atoms with Crippen LogP contribution in [0.4, 0.5) is 15.8 Å². The number of hydrogen-bond acceptors (Lipinski definition) is 3. The smallest absolute Gasteiger partial charge is 0.167 e. The summed E-state index contributed by atoms with van der Waals surface area (Å²) in [6.07, 6.45) is 2.66. The highest BCUT2D eigenvalue weighted by atomic mass is 19.1. The van der Waals surface area contributed by atoms with Crippen molar-refractivity contribution in [3.63, 3.8) is 0 Å². The van der Waals surface area contributed by atoms with E-state index in [1.165, 1.54) is 26.0 Å². The van der Waals surface area contributed by atoms with Gasteiger partial charge in [-0.3, -0.25) is 0 Å². The summed E-state index contributed by atoms with van der Waals surface area (Å²) in [4.78, 5) is 2.34. The highest BCUT2D eigenvalue weighted by Gasteiger charge is 2.27. The second-order valence-corrected chi connectivity index (χ2v) is 4.82. The van der Waals surface area contributed by atoms with Crippen molar-refractivity contribution < 1.29 is 9.13 Å². The highest BCUT2D eigenvalue weighted by Crippen LogP contribution is 2.38. The van der Waals surface area contributed by atoms with Gasteiger partial charge in [-0.2, -0.15) is 0 Å². The van der Waals surface area contributed by atoms with Crippen molar-refractivity contribution in [2.24, 2.45) is 5.92 Å². The standard InChI is InChI=1S/C13H17FN2O/c1-17-13-7-12-11(6-10(13)14)15-4-5-16(12)8-9-2-3-9/h6-7,9,15H,2-5,8H2,1H3. The van der Waals surface area contributed by atoms with Gasteiger partial charge in [-0.1, -0.05) is 0 Å². The maximum absolute atomic E-state index is 13.6. The minimum absolute atomic E-state index is 0.299. The Morgan fingerprint density at radius 3 is 3.00 bits per heavy atom. The van der Waals surface area contributed by atoms with Gasteiger partial charge in [0.2, 0.25) is 0 Å². The quantitative estimate of drug-likeness (QED) is 0.872. The second kappa shape index (κ2) is 4.09. The van der Waals surface area contributed by atoms with Gasteiger partial charge in [0.1, 0.15) is 0 Å². The first-order valence-electron chi connectivity index (χ1n) is 6.14. The Labute approximate surface area is 101 Å². The van der Waals surface area contributed by atoms with Crippen molar-refractivity contribution in [1.82, 2.24) is 0 Å². The van der Waals surface area contributed by atoms with Crippen LogP contribution in [-0.4, -0.2) is 26.7 Å². The third-order valence-corrected chi connectivity index (χ3v) is 3.48. The molecule has 0 unspecified atom stereocenters. The molecule has 4 heteroatoms. The lowest BCUT2D eigenvalue weighted by atomic mass is 10.1. The molecule has 1 heterocycles. The molecule has 1 aromatic carbocycles. The summed E-state index contributed by atoms with van der Waals surface area (Å²) >= 11 is 0. The topological polar surface area (TPSA) is 24.5 Å². The summed E-state index contributed by atoms with van der Waals surface area (Å²) in [6, 6.07) is 3.34. The molecule has 1 aliphatic carbocycles. The number of halogens is 1. The van der Waals surface area contributed by atoms with E-state index in [4.69, 9.17) is 4.74 Å². The number of fused-ring (bicyclic) bond motifs is 1. The highest BCUT2D eigenvalue weighted by molar-refractivity contribution is 5.74. The Bertz CT molecular complexity index is 432. The molecule has 1 saturated carbocycles. The van der Waals surface area contributed by atoms with Crippen LogP contribution in [0.3, 0.4) is 0 Å². The normalized spacial score (nSPS) is 18.6. The predicted molar refractivity (Wildman–Crippen MR) is 66.4 cm³/mol. The SMILES string of the molecule is COc1cc2c(cc1F)NCCN2CC1CC1. The molecular weight excluding hydrogens is 219 g/mol. The molecule has 0 bridgehead atoms. The van der Waals surface area contributed by atoms with Crippen molar-refractivity contribution in [2.45, 2.75) is 12.8 Å². The lowest BCUT2D eigenvalue weighted by molar-refractivity contribution is 0.386. The van der Waals surface area contributed by atoms with Gasteiger partial charge < -0.3 is 15.0 Å². The Balaban J connectivity index is 1.93. The number of anilines is 2. The number of nitrogens with zero attached hydrogens (tertiary/aromatic N) is 1. The molecule has 0 atom stereocenters. The van der Waals surface area contributed by atoms with Gasteiger partial charge >= 0.3 is 0 Å². The van der Waals surface area contributed by atoms with E-state index < -0.39 is 0 Å². The summed E-state index contributed by atoms with van der Waals surface area (Å²) in [5.41, 5.74) is 1.96. The summed E-state index contributed by atoms with van der Waals surface area (Å²) in [6.45, 7) is 2.95. The van der Waals surface area contributed by atoms with E-state index in [9.17, 15) is 4.39 Å².